The molecule has 2 heterocycles. The van der Waals surface area contributed by atoms with Gasteiger partial charge in [-0.1, -0.05) is 97.9 Å². The number of nitrogens with zero attached hydrogens (tertiary/aromatic N) is 1. The Kier molecular flexibility index (Phi) is 5.11. The molecule has 1 aliphatic carbocycles. The third-order valence-electron chi connectivity index (χ3n) is 8.42. The van der Waals surface area contributed by atoms with Gasteiger partial charge in [0.05, 0.1) is 11.0 Å². The summed E-state index contributed by atoms with van der Waals surface area (Å²) in [4.78, 5) is 0. The van der Waals surface area contributed by atoms with Crippen molar-refractivity contribution in [2.24, 2.45) is 5.92 Å². The van der Waals surface area contributed by atoms with Gasteiger partial charge in [-0.15, -0.1) is 11.3 Å². The number of para-hydroxylation sites is 1. The molecular weight excluding hydrogens is 490 g/mol. The smallest absolute Gasteiger partial charge is 0.0555 e. The average Bonchev–Trinajstić information content (AvgIpc) is 3.51. The lowest BCUT2D eigenvalue weighted by molar-refractivity contribution is 0.654. The van der Waals surface area contributed by atoms with Crippen molar-refractivity contribution in [3.05, 3.63) is 145 Å². The Bertz CT molecular complexity index is 2070. The Morgan fingerprint density at radius 2 is 1.36 bits per heavy atom. The van der Waals surface area contributed by atoms with Gasteiger partial charge in [0.15, 0.2) is 0 Å². The lowest BCUT2D eigenvalue weighted by Crippen LogP contribution is -2.12. The molecule has 0 amide bonds. The van der Waals surface area contributed by atoms with Crippen LogP contribution in [-0.4, -0.2) is 4.57 Å². The third-order valence-corrected chi connectivity index (χ3v) is 9.55. The van der Waals surface area contributed by atoms with Crippen molar-refractivity contribution in [2.45, 2.75) is 12.8 Å². The average molecular weight is 518 g/mol. The fourth-order valence-corrected chi connectivity index (χ4v) is 7.62. The summed E-state index contributed by atoms with van der Waals surface area (Å²) in [7, 11) is 0. The third kappa shape index (κ3) is 3.52. The molecule has 39 heavy (non-hydrogen) atoms. The first-order valence-corrected chi connectivity index (χ1v) is 14.5. The van der Waals surface area contributed by atoms with Gasteiger partial charge in [-0.25, -0.2) is 0 Å². The highest BCUT2D eigenvalue weighted by Crippen LogP contribution is 2.43. The molecule has 0 aliphatic heterocycles. The molecule has 0 spiro atoms. The summed E-state index contributed by atoms with van der Waals surface area (Å²) in [6.45, 7) is 2.37. The molecule has 186 valence electrons. The molecule has 2 unspecified atom stereocenters. The molecule has 5 aromatic carbocycles. The first-order valence-electron chi connectivity index (χ1n) is 13.6. The lowest BCUT2D eigenvalue weighted by atomic mass is 9.77. The van der Waals surface area contributed by atoms with Gasteiger partial charge in [-0.2, -0.15) is 0 Å². The second-order valence-corrected chi connectivity index (χ2v) is 11.7. The van der Waals surface area contributed by atoms with Crippen molar-refractivity contribution in [3.63, 3.8) is 0 Å². The summed E-state index contributed by atoms with van der Waals surface area (Å²) in [5.41, 5.74) is 7.81. The van der Waals surface area contributed by atoms with Gasteiger partial charge in [0.25, 0.3) is 0 Å². The van der Waals surface area contributed by atoms with Gasteiger partial charge in [0, 0.05) is 42.6 Å². The highest BCUT2D eigenvalue weighted by Gasteiger charge is 2.25. The molecule has 2 heteroatoms. The van der Waals surface area contributed by atoms with Crippen LogP contribution >= 0.6 is 11.3 Å². The maximum absolute atomic E-state index is 2.46. The molecule has 0 fully saturated rings. The zero-order valence-corrected chi connectivity index (χ0v) is 22.5. The fourth-order valence-electron chi connectivity index (χ4n) is 6.50. The maximum atomic E-state index is 2.46. The fraction of sp³-hybridized carbons (Fsp3) is 0.0811. The van der Waals surface area contributed by atoms with E-state index in [0.717, 1.165) is 0 Å². The van der Waals surface area contributed by atoms with E-state index in [9.17, 15) is 0 Å². The van der Waals surface area contributed by atoms with Crippen LogP contribution in [0.25, 0.3) is 53.2 Å². The summed E-state index contributed by atoms with van der Waals surface area (Å²) in [6, 6.07) is 42.4. The predicted octanol–water partition coefficient (Wildman–Crippen LogP) is 10.5. The minimum Gasteiger partial charge on any atom is -0.309 e. The van der Waals surface area contributed by atoms with Gasteiger partial charge in [0.2, 0.25) is 0 Å². The SMILES string of the molecule is CC1C(c2ccccc2)=CC=CC1c1ccc2c(c1)c1cc3c(cc1n2-c1ccccc1)sc1ccccc13. The quantitative estimate of drug-likeness (QED) is 0.220. The van der Waals surface area contributed by atoms with Crippen LogP contribution < -0.4 is 0 Å². The molecule has 0 saturated heterocycles. The molecule has 1 aliphatic rings. The van der Waals surface area contributed by atoms with Crippen molar-refractivity contribution in [3.8, 4) is 5.69 Å². The monoisotopic (exact) mass is 517 g/mol. The van der Waals surface area contributed by atoms with E-state index in [4.69, 9.17) is 0 Å². The molecule has 0 N–H and O–H groups in total. The Balaban J connectivity index is 1.36. The number of benzene rings is 5. The zero-order chi connectivity index (χ0) is 25.9. The normalized spacial score (nSPS) is 17.4. The second-order valence-electron chi connectivity index (χ2n) is 10.6. The Morgan fingerprint density at radius 1 is 0.615 bits per heavy atom. The topological polar surface area (TPSA) is 4.93 Å². The van der Waals surface area contributed by atoms with Crippen molar-refractivity contribution in [1.82, 2.24) is 4.57 Å². The minimum absolute atomic E-state index is 0.329. The predicted molar refractivity (Wildman–Crippen MR) is 169 cm³/mol. The van der Waals surface area contributed by atoms with Crippen molar-refractivity contribution in [2.75, 3.05) is 0 Å². The number of hydrogen-bond acceptors (Lipinski definition) is 1. The van der Waals surface area contributed by atoms with Crippen molar-refractivity contribution >= 4 is 58.9 Å². The molecule has 7 aromatic rings. The number of rotatable bonds is 3. The van der Waals surface area contributed by atoms with Gasteiger partial charge in [-0.05, 0) is 65.1 Å². The molecule has 0 saturated carbocycles. The summed E-state index contributed by atoms with van der Waals surface area (Å²) < 4.78 is 5.12. The number of allylic oxidation sites excluding steroid dienone is 4. The highest BCUT2D eigenvalue weighted by atomic mass is 32.1. The van der Waals surface area contributed by atoms with E-state index in [-0.39, 0.29) is 0 Å². The largest absolute Gasteiger partial charge is 0.309 e. The summed E-state index contributed by atoms with van der Waals surface area (Å²) in [6.07, 6.45) is 6.90. The van der Waals surface area contributed by atoms with E-state index in [2.05, 4.69) is 145 Å². The summed E-state index contributed by atoms with van der Waals surface area (Å²) >= 11 is 1.89. The Labute approximate surface area is 232 Å². The van der Waals surface area contributed by atoms with E-state index < -0.39 is 0 Å². The van der Waals surface area contributed by atoms with Gasteiger partial charge >= 0.3 is 0 Å². The molecule has 1 nitrogen and oxygen atoms in total. The van der Waals surface area contributed by atoms with Gasteiger partial charge in [0.1, 0.15) is 0 Å². The first-order chi connectivity index (χ1) is 19.3. The molecule has 0 bridgehead atoms. The molecular formula is C37H27NS. The van der Waals surface area contributed by atoms with E-state index in [0.29, 0.717) is 11.8 Å². The number of fused-ring (bicyclic) bond motifs is 6. The lowest BCUT2D eigenvalue weighted by Gasteiger charge is -2.27. The maximum Gasteiger partial charge on any atom is 0.0555 e. The van der Waals surface area contributed by atoms with Crippen LogP contribution in [0.3, 0.4) is 0 Å². The van der Waals surface area contributed by atoms with E-state index in [1.807, 2.05) is 11.3 Å². The van der Waals surface area contributed by atoms with Crippen molar-refractivity contribution in [1.29, 1.82) is 0 Å². The van der Waals surface area contributed by atoms with Crippen molar-refractivity contribution < 1.29 is 0 Å². The number of aromatic nitrogens is 1. The Morgan fingerprint density at radius 3 is 2.21 bits per heavy atom. The van der Waals surface area contributed by atoms with Crippen LogP contribution in [0.15, 0.2) is 133 Å². The molecule has 0 radical (unpaired) electrons. The van der Waals surface area contributed by atoms with Crippen LogP contribution in [0, 0.1) is 5.92 Å². The van der Waals surface area contributed by atoms with E-state index >= 15 is 0 Å². The summed E-state index contributed by atoms with van der Waals surface area (Å²) in [5, 5.41) is 5.33. The van der Waals surface area contributed by atoms with Crippen LogP contribution in [0.2, 0.25) is 0 Å². The molecule has 8 rings (SSSR count). The number of thiophene rings is 1. The Hall–Kier alpha value is -4.40. The van der Waals surface area contributed by atoms with E-state index in [1.54, 1.807) is 0 Å². The van der Waals surface area contributed by atoms with Crippen LogP contribution in [0.5, 0.6) is 0 Å². The second kappa shape index (κ2) is 8.83. The first kappa shape index (κ1) is 22.6. The highest BCUT2D eigenvalue weighted by molar-refractivity contribution is 7.25. The van der Waals surface area contributed by atoms with Crippen LogP contribution in [0.1, 0.15) is 24.0 Å². The van der Waals surface area contributed by atoms with Gasteiger partial charge in [-0.3, -0.25) is 0 Å². The van der Waals surface area contributed by atoms with E-state index in [1.165, 1.54) is 64.4 Å². The van der Waals surface area contributed by atoms with Crippen LogP contribution in [0.4, 0.5) is 0 Å². The van der Waals surface area contributed by atoms with Gasteiger partial charge < -0.3 is 4.57 Å². The molecule has 2 aromatic heterocycles. The van der Waals surface area contributed by atoms with Crippen LogP contribution in [-0.2, 0) is 0 Å². The zero-order valence-electron chi connectivity index (χ0n) is 21.7. The molecule has 2 atom stereocenters. The minimum atomic E-state index is 0.329. The summed E-state index contributed by atoms with van der Waals surface area (Å²) in [5.74, 6) is 0.722. The number of hydrogen-bond donors (Lipinski definition) is 0. The standard InChI is InChI=1S/C37H27NS/c1-24-28(25-11-4-2-5-12-25)16-10-17-29(24)26-19-20-34-31(21-26)32-22-33-30-15-8-9-18-36(30)39-37(33)23-35(32)38(34)27-13-6-3-7-14-27/h2-24,29H,1H3.